The number of hydrazine groups is 1. The molecule has 0 fully saturated rings. The summed E-state index contributed by atoms with van der Waals surface area (Å²) in [4.78, 5) is 104. The predicted molar refractivity (Wildman–Crippen MR) is 198 cm³/mol. The number of ether oxygens (including phenoxy) is 2. The third-order valence-electron chi connectivity index (χ3n) is 7.64. The van der Waals surface area contributed by atoms with Crippen LogP contribution in [0.1, 0.15) is 79.2 Å². The molecule has 0 saturated heterocycles. The highest BCUT2D eigenvalue weighted by Gasteiger charge is 2.31. The van der Waals surface area contributed by atoms with Crippen LogP contribution in [0.3, 0.4) is 0 Å². The van der Waals surface area contributed by atoms with Crippen LogP contribution < -0.4 is 43.5 Å². The standard InChI is InChI=1S/C34H54N10O11/c1-7-20(2)27(42-33(51)55-34(4,5)6)30(49)39-21(3)28(47)38-18-26(46)40-23(15-16-25(35)45)29(48)41-24(14-11-17-37-32(36)43-44(52)53)31(50)54-19-22-12-9-8-10-13-22/h8-10,12-13,20-21,23-24,27H,7,11,14-19H2,1-6H3,(H2,35,45)(H,38,47)(H,39,49)(H,40,46)(H,41,48)(H,42,51)(H3,36,37,43)/t20-,21-,23-,24+,27-/m0/s1. The third kappa shape index (κ3) is 20.1. The average molecular weight is 779 g/mol. The lowest BCUT2D eigenvalue weighted by Gasteiger charge is -2.27. The first-order chi connectivity index (χ1) is 25.7. The molecule has 0 aromatic heterocycles. The van der Waals surface area contributed by atoms with Gasteiger partial charge in [-0.25, -0.2) is 24.7 Å². The van der Waals surface area contributed by atoms with Crippen LogP contribution in [0.4, 0.5) is 4.79 Å². The van der Waals surface area contributed by atoms with Crippen molar-refractivity contribution >= 4 is 47.6 Å². The number of rotatable bonds is 22. The van der Waals surface area contributed by atoms with E-state index in [9.17, 15) is 43.7 Å². The maximum atomic E-state index is 13.4. The Labute approximate surface area is 319 Å². The number of amides is 6. The maximum absolute atomic E-state index is 13.4. The quantitative estimate of drug-likeness (QED) is 0.0182. The smallest absolute Gasteiger partial charge is 0.408 e. The molecule has 0 saturated carbocycles. The molecule has 1 aromatic rings. The number of esters is 1. The zero-order valence-electron chi connectivity index (χ0n) is 32.0. The van der Waals surface area contributed by atoms with Gasteiger partial charge in [-0.1, -0.05) is 56.0 Å². The third-order valence-corrected chi connectivity index (χ3v) is 7.64. The van der Waals surface area contributed by atoms with Gasteiger partial charge in [-0.05, 0) is 58.4 Å². The van der Waals surface area contributed by atoms with E-state index in [4.69, 9.17) is 20.9 Å². The molecule has 5 atom stereocenters. The van der Waals surface area contributed by atoms with Crippen molar-refractivity contribution in [3.8, 4) is 0 Å². The van der Waals surface area contributed by atoms with E-state index in [1.165, 1.54) is 6.92 Å². The zero-order valence-corrected chi connectivity index (χ0v) is 32.0. The van der Waals surface area contributed by atoms with E-state index in [2.05, 4.69) is 31.6 Å². The number of aliphatic imine (C=N–C) groups is 1. The van der Waals surface area contributed by atoms with Gasteiger partial charge in [-0.15, -0.1) is 0 Å². The number of hydrogen-bond donors (Lipinski definition) is 8. The zero-order chi connectivity index (χ0) is 41.7. The summed E-state index contributed by atoms with van der Waals surface area (Å²) in [6.07, 6.45) is -0.844. The topological polar surface area (TPSA) is 318 Å². The highest BCUT2D eigenvalue weighted by Crippen LogP contribution is 2.12. The summed E-state index contributed by atoms with van der Waals surface area (Å²) in [5, 5.41) is 21.9. The Morgan fingerprint density at radius 1 is 0.891 bits per heavy atom. The molecule has 1 aromatic carbocycles. The molecule has 0 aliphatic heterocycles. The molecule has 6 amide bonds. The number of nitrogens with two attached hydrogens (primary N) is 2. The molecule has 55 heavy (non-hydrogen) atoms. The number of carbonyl (C=O) groups is 7. The number of guanidine groups is 1. The summed E-state index contributed by atoms with van der Waals surface area (Å²) >= 11 is 0. The van der Waals surface area contributed by atoms with Crippen LogP contribution in [0.25, 0.3) is 0 Å². The molecule has 0 aliphatic rings. The molecular weight excluding hydrogens is 724 g/mol. The van der Waals surface area contributed by atoms with Crippen molar-refractivity contribution in [3.05, 3.63) is 46.0 Å². The van der Waals surface area contributed by atoms with Crippen LogP contribution in [0.2, 0.25) is 0 Å². The summed E-state index contributed by atoms with van der Waals surface area (Å²) in [6, 6.07) is 3.84. The Bertz CT molecular complexity index is 1520. The van der Waals surface area contributed by atoms with E-state index in [-0.39, 0.29) is 44.8 Å². The van der Waals surface area contributed by atoms with Crippen LogP contribution in [-0.4, -0.2) is 95.4 Å². The summed E-state index contributed by atoms with van der Waals surface area (Å²) in [6.45, 7) is 9.09. The Morgan fingerprint density at radius 3 is 2.13 bits per heavy atom. The first-order valence-electron chi connectivity index (χ1n) is 17.6. The van der Waals surface area contributed by atoms with Gasteiger partial charge in [0, 0.05) is 13.0 Å². The number of benzene rings is 1. The fraction of sp³-hybridized carbons (Fsp3) is 0.588. The van der Waals surface area contributed by atoms with Gasteiger partial charge >= 0.3 is 12.1 Å². The van der Waals surface area contributed by atoms with Gasteiger partial charge in [-0.2, -0.15) is 0 Å². The van der Waals surface area contributed by atoms with E-state index in [0.29, 0.717) is 12.0 Å². The van der Waals surface area contributed by atoms with Gasteiger partial charge in [0.1, 0.15) is 36.4 Å². The number of carbonyl (C=O) groups excluding carboxylic acids is 7. The molecule has 21 heteroatoms. The number of nitrogens with one attached hydrogen (secondary N) is 6. The van der Waals surface area contributed by atoms with E-state index >= 15 is 0 Å². The van der Waals surface area contributed by atoms with Gasteiger partial charge < -0.3 is 47.5 Å². The lowest BCUT2D eigenvalue weighted by Crippen LogP contribution is -2.56. The van der Waals surface area contributed by atoms with Gasteiger partial charge in [-0.3, -0.25) is 24.0 Å². The molecule has 21 nitrogen and oxygen atoms in total. The normalized spacial score (nSPS) is 14.0. The predicted octanol–water partition coefficient (Wildman–Crippen LogP) is -0.599. The largest absolute Gasteiger partial charge is 0.459 e. The van der Waals surface area contributed by atoms with E-state index in [1.54, 1.807) is 63.5 Å². The first kappa shape index (κ1) is 47.0. The van der Waals surface area contributed by atoms with Crippen molar-refractivity contribution in [1.29, 1.82) is 0 Å². The highest BCUT2D eigenvalue weighted by molar-refractivity contribution is 5.94. The first-order valence-corrected chi connectivity index (χ1v) is 17.6. The molecule has 1 rings (SSSR count). The molecule has 0 bridgehead atoms. The summed E-state index contributed by atoms with van der Waals surface area (Å²) in [7, 11) is 0. The van der Waals surface area contributed by atoms with Crippen LogP contribution in [-0.2, 0) is 44.8 Å². The van der Waals surface area contributed by atoms with Crippen molar-refractivity contribution in [2.45, 2.75) is 110 Å². The molecule has 0 heterocycles. The Morgan fingerprint density at radius 2 is 1.55 bits per heavy atom. The van der Waals surface area contributed by atoms with Crippen molar-refractivity contribution in [2.24, 2.45) is 22.4 Å². The second kappa shape index (κ2) is 23.6. The fourth-order valence-corrected chi connectivity index (χ4v) is 4.60. The van der Waals surface area contributed by atoms with E-state index < -0.39 is 88.9 Å². The molecule has 0 unspecified atom stereocenters. The van der Waals surface area contributed by atoms with Gasteiger partial charge in [0.25, 0.3) is 5.96 Å². The lowest BCUT2D eigenvalue weighted by atomic mass is 9.98. The summed E-state index contributed by atoms with van der Waals surface area (Å²) in [5.41, 5.74) is 12.2. The monoisotopic (exact) mass is 778 g/mol. The molecule has 306 valence electrons. The van der Waals surface area contributed by atoms with Crippen LogP contribution in [0.5, 0.6) is 0 Å². The minimum atomic E-state index is -1.40. The van der Waals surface area contributed by atoms with Crippen LogP contribution in [0, 0.1) is 16.0 Å². The van der Waals surface area contributed by atoms with Gasteiger partial charge in [0.2, 0.25) is 29.5 Å². The van der Waals surface area contributed by atoms with Crippen molar-refractivity contribution < 1.29 is 48.1 Å². The lowest BCUT2D eigenvalue weighted by molar-refractivity contribution is -0.525. The second-order valence-electron chi connectivity index (χ2n) is 13.5. The van der Waals surface area contributed by atoms with E-state index in [0.717, 1.165) is 0 Å². The van der Waals surface area contributed by atoms with Crippen molar-refractivity contribution in [1.82, 2.24) is 32.0 Å². The Kier molecular flexibility index (Phi) is 20.2. The summed E-state index contributed by atoms with van der Waals surface area (Å²) < 4.78 is 10.6. The van der Waals surface area contributed by atoms with Crippen molar-refractivity contribution in [3.63, 3.8) is 0 Å². The van der Waals surface area contributed by atoms with Gasteiger partial charge in [0.05, 0.1) is 6.54 Å². The SMILES string of the molecule is CC[C@H](C)[C@H](NC(=O)OC(C)(C)C)C(=O)N[C@@H](C)C(=O)NCC(=O)N[C@@H](CCC(N)=O)C(=O)N[C@H](CCCN=C(N)N[N+](=O)[O-])C(=O)OCc1ccccc1. The molecule has 10 N–H and O–H groups in total. The number of hydrogen-bond acceptors (Lipinski definition) is 12. The summed E-state index contributed by atoms with van der Waals surface area (Å²) in [5.74, 6) is -5.57. The molecule has 0 spiro atoms. The molecule has 0 radical (unpaired) electrons. The number of alkyl carbamates (subject to hydrolysis) is 1. The van der Waals surface area contributed by atoms with Crippen LogP contribution in [0.15, 0.2) is 35.3 Å². The van der Waals surface area contributed by atoms with Crippen LogP contribution >= 0.6 is 0 Å². The van der Waals surface area contributed by atoms with Gasteiger partial charge in [0.15, 0.2) is 5.03 Å². The minimum absolute atomic E-state index is 0.0596. The Hall–Kier alpha value is -6.02. The second-order valence-corrected chi connectivity index (χ2v) is 13.5. The number of primary amides is 1. The molecular formula is C34H54N10O11. The maximum Gasteiger partial charge on any atom is 0.408 e. The highest BCUT2D eigenvalue weighted by atomic mass is 16.7. The average Bonchev–Trinajstić information content (AvgIpc) is 3.10. The molecule has 0 aliphatic carbocycles. The number of nitro groups is 1. The van der Waals surface area contributed by atoms with E-state index in [1.807, 2.05) is 6.92 Å². The Balaban J connectivity index is 2.97. The minimum Gasteiger partial charge on any atom is -0.459 e. The fourth-order valence-electron chi connectivity index (χ4n) is 4.60. The number of nitrogens with zero attached hydrogens (tertiary/aromatic N) is 2. The van der Waals surface area contributed by atoms with Crippen molar-refractivity contribution in [2.75, 3.05) is 13.1 Å².